The summed E-state index contributed by atoms with van der Waals surface area (Å²) >= 11 is 0. The second-order valence-electron chi connectivity index (χ2n) is 5.27. The molecule has 0 bridgehead atoms. The summed E-state index contributed by atoms with van der Waals surface area (Å²) in [4.78, 5) is 22.5. The van der Waals surface area contributed by atoms with Crippen molar-refractivity contribution < 1.29 is 19.1 Å². The van der Waals surface area contributed by atoms with Crippen molar-refractivity contribution in [3.63, 3.8) is 0 Å². The van der Waals surface area contributed by atoms with Crippen LogP contribution < -0.4 is 9.47 Å². The second kappa shape index (κ2) is 7.58. The number of aryl methyl sites for hydroxylation is 1. The number of benzene rings is 2. The molecule has 2 rings (SSSR count). The van der Waals surface area contributed by atoms with Gasteiger partial charge in [-0.05, 0) is 35.2 Å². The van der Waals surface area contributed by atoms with Crippen LogP contribution in [-0.4, -0.2) is 11.9 Å². The monoisotopic (exact) mass is 312 g/mol. The zero-order chi connectivity index (χ0) is 16.8. The van der Waals surface area contributed by atoms with Gasteiger partial charge in [-0.25, -0.2) is 0 Å². The lowest BCUT2D eigenvalue weighted by atomic mass is 10.00. The van der Waals surface area contributed by atoms with Crippen LogP contribution in [0.15, 0.2) is 42.5 Å². The van der Waals surface area contributed by atoms with E-state index in [-0.39, 0.29) is 11.9 Å². The van der Waals surface area contributed by atoms with Gasteiger partial charge in [-0.1, -0.05) is 37.3 Å². The van der Waals surface area contributed by atoms with E-state index in [4.69, 9.17) is 9.47 Å². The highest BCUT2D eigenvalue weighted by atomic mass is 16.5. The van der Waals surface area contributed by atoms with Gasteiger partial charge in [-0.3, -0.25) is 9.59 Å². The highest BCUT2D eigenvalue weighted by molar-refractivity contribution is 5.71. The predicted octanol–water partition coefficient (Wildman–Crippen LogP) is 3.69. The Morgan fingerprint density at radius 2 is 1.48 bits per heavy atom. The van der Waals surface area contributed by atoms with Gasteiger partial charge < -0.3 is 9.47 Å². The van der Waals surface area contributed by atoms with E-state index < -0.39 is 0 Å². The molecule has 0 aliphatic rings. The van der Waals surface area contributed by atoms with Gasteiger partial charge in [-0.15, -0.1) is 0 Å². The summed E-state index contributed by atoms with van der Waals surface area (Å²) in [7, 11) is 0. The van der Waals surface area contributed by atoms with E-state index in [1.165, 1.54) is 13.8 Å². The molecule has 0 spiro atoms. The highest BCUT2D eigenvalue weighted by Gasteiger charge is 2.12. The molecule has 4 heteroatoms. The predicted molar refractivity (Wildman–Crippen MR) is 87.7 cm³/mol. The van der Waals surface area contributed by atoms with Crippen molar-refractivity contribution in [3.05, 3.63) is 59.2 Å². The molecular weight excluding hydrogens is 292 g/mol. The van der Waals surface area contributed by atoms with E-state index in [2.05, 4.69) is 6.92 Å². The number of para-hydroxylation sites is 1. The summed E-state index contributed by atoms with van der Waals surface area (Å²) in [5, 5.41) is 0. The van der Waals surface area contributed by atoms with Crippen LogP contribution in [0.25, 0.3) is 0 Å². The molecule has 0 radical (unpaired) electrons. The highest BCUT2D eigenvalue weighted by Crippen LogP contribution is 2.28. The smallest absolute Gasteiger partial charge is 0.308 e. The largest absolute Gasteiger partial charge is 0.426 e. The summed E-state index contributed by atoms with van der Waals surface area (Å²) in [6.07, 6.45) is 1.40. The third-order valence-electron chi connectivity index (χ3n) is 3.39. The Balaban J connectivity index is 2.38. The van der Waals surface area contributed by atoms with E-state index in [1.54, 1.807) is 6.07 Å². The molecule has 0 aliphatic carbocycles. The van der Waals surface area contributed by atoms with E-state index in [0.717, 1.165) is 23.1 Å². The van der Waals surface area contributed by atoms with Crippen LogP contribution in [0.1, 0.15) is 37.5 Å². The van der Waals surface area contributed by atoms with Crippen molar-refractivity contribution in [1.29, 1.82) is 0 Å². The molecule has 0 amide bonds. The maximum atomic E-state index is 11.3. The molecule has 0 heterocycles. The molecule has 0 atom stereocenters. The molecule has 2 aromatic carbocycles. The molecule has 0 aliphatic heterocycles. The molecule has 0 saturated carbocycles. The molecule has 0 saturated heterocycles. The topological polar surface area (TPSA) is 52.6 Å². The molecule has 0 fully saturated rings. The fraction of sp³-hybridized carbons (Fsp3) is 0.263. The van der Waals surface area contributed by atoms with Crippen molar-refractivity contribution in [2.45, 2.75) is 33.6 Å². The van der Waals surface area contributed by atoms with E-state index in [0.29, 0.717) is 17.9 Å². The van der Waals surface area contributed by atoms with Crippen LogP contribution in [0.5, 0.6) is 11.5 Å². The van der Waals surface area contributed by atoms with Crippen molar-refractivity contribution >= 4 is 11.9 Å². The normalized spacial score (nSPS) is 10.2. The molecule has 0 N–H and O–H groups in total. The Morgan fingerprint density at radius 1 is 0.870 bits per heavy atom. The first-order valence-electron chi connectivity index (χ1n) is 7.56. The minimum Gasteiger partial charge on any atom is -0.426 e. The van der Waals surface area contributed by atoms with Crippen LogP contribution in [0.3, 0.4) is 0 Å². The lowest BCUT2D eigenvalue weighted by molar-refractivity contribution is -0.132. The van der Waals surface area contributed by atoms with Gasteiger partial charge in [0.2, 0.25) is 0 Å². The number of rotatable bonds is 5. The van der Waals surface area contributed by atoms with Gasteiger partial charge in [-0.2, -0.15) is 0 Å². The van der Waals surface area contributed by atoms with Crippen LogP contribution in [-0.2, 0) is 22.4 Å². The molecule has 0 unspecified atom stereocenters. The minimum absolute atomic E-state index is 0.358. The maximum Gasteiger partial charge on any atom is 0.308 e. The fourth-order valence-electron chi connectivity index (χ4n) is 2.35. The first-order chi connectivity index (χ1) is 11.0. The first kappa shape index (κ1) is 16.7. The average Bonchev–Trinajstić information content (AvgIpc) is 2.50. The zero-order valence-corrected chi connectivity index (χ0v) is 13.6. The molecule has 0 aromatic heterocycles. The molecule has 4 nitrogen and oxygen atoms in total. The number of hydrogen-bond acceptors (Lipinski definition) is 4. The summed E-state index contributed by atoms with van der Waals surface area (Å²) in [6, 6.07) is 13.1. The number of ether oxygens (including phenoxy) is 2. The van der Waals surface area contributed by atoms with Crippen molar-refractivity contribution in [3.8, 4) is 11.5 Å². The van der Waals surface area contributed by atoms with E-state index in [1.807, 2.05) is 36.4 Å². The second-order valence-corrected chi connectivity index (χ2v) is 5.27. The van der Waals surface area contributed by atoms with Gasteiger partial charge >= 0.3 is 11.9 Å². The lowest BCUT2D eigenvalue weighted by Gasteiger charge is -2.13. The third-order valence-corrected chi connectivity index (χ3v) is 3.39. The van der Waals surface area contributed by atoms with Crippen molar-refractivity contribution in [1.82, 2.24) is 0 Å². The molecular formula is C19H20O4. The molecule has 23 heavy (non-hydrogen) atoms. The van der Waals surface area contributed by atoms with Crippen molar-refractivity contribution in [2.75, 3.05) is 0 Å². The summed E-state index contributed by atoms with van der Waals surface area (Å²) < 4.78 is 10.5. The van der Waals surface area contributed by atoms with Gasteiger partial charge in [0.25, 0.3) is 0 Å². The van der Waals surface area contributed by atoms with E-state index >= 15 is 0 Å². The zero-order valence-electron chi connectivity index (χ0n) is 13.6. The Hall–Kier alpha value is -2.62. The summed E-state index contributed by atoms with van der Waals surface area (Å²) in [6.45, 7) is 4.82. The lowest BCUT2D eigenvalue weighted by Crippen LogP contribution is -2.07. The number of carbonyl (C=O) groups is 2. The SMILES string of the molecule is CCc1ccc(OC(C)=O)c(Cc2ccccc2OC(C)=O)c1. The third kappa shape index (κ3) is 4.68. The summed E-state index contributed by atoms with van der Waals surface area (Å²) in [5.41, 5.74) is 2.91. The number of carbonyl (C=O) groups excluding carboxylic acids is 2. The summed E-state index contributed by atoms with van der Waals surface area (Å²) in [5.74, 6) is 0.340. The fourth-order valence-corrected chi connectivity index (χ4v) is 2.35. The average molecular weight is 312 g/mol. The maximum absolute atomic E-state index is 11.3. The standard InChI is InChI=1S/C19H20O4/c1-4-15-9-10-19(23-14(3)21)17(11-15)12-16-7-5-6-8-18(16)22-13(2)20/h5-11H,4,12H2,1-3H3. The van der Waals surface area contributed by atoms with Crippen LogP contribution >= 0.6 is 0 Å². The molecule has 2 aromatic rings. The Morgan fingerprint density at radius 3 is 2.09 bits per heavy atom. The minimum atomic E-state index is -0.361. The van der Waals surface area contributed by atoms with Gasteiger partial charge in [0, 0.05) is 20.3 Å². The Labute approximate surface area is 136 Å². The van der Waals surface area contributed by atoms with E-state index in [9.17, 15) is 9.59 Å². The van der Waals surface area contributed by atoms with Crippen LogP contribution in [0.2, 0.25) is 0 Å². The van der Waals surface area contributed by atoms with Crippen LogP contribution in [0, 0.1) is 0 Å². The van der Waals surface area contributed by atoms with Gasteiger partial charge in [0.1, 0.15) is 11.5 Å². The van der Waals surface area contributed by atoms with Gasteiger partial charge in [0.15, 0.2) is 0 Å². The number of esters is 2. The first-order valence-corrected chi connectivity index (χ1v) is 7.56. The number of hydrogen-bond donors (Lipinski definition) is 0. The Bertz CT molecular complexity index is 719. The van der Waals surface area contributed by atoms with Gasteiger partial charge in [0.05, 0.1) is 0 Å². The van der Waals surface area contributed by atoms with Crippen molar-refractivity contribution in [2.24, 2.45) is 0 Å². The molecule has 120 valence electrons. The van der Waals surface area contributed by atoms with Crippen LogP contribution in [0.4, 0.5) is 0 Å². The Kier molecular flexibility index (Phi) is 5.52. The quantitative estimate of drug-likeness (QED) is 0.624.